The minimum Gasteiger partial charge on any atom is -0.481 e. The van der Waals surface area contributed by atoms with E-state index in [9.17, 15) is 23.7 Å². The molecule has 0 spiro atoms. The van der Waals surface area contributed by atoms with Gasteiger partial charge in [-0.3, -0.25) is 14.9 Å². The second-order valence-electron chi connectivity index (χ2n) is 2.96. The topological polar surface area (TPSA) is 93.3 Å². The van der Waals surface area contributed by atoms with E-state index in [1.165, 1.54) is 22.6 Å². The molecule has 0 aliphatic rings. The van der Waals surface area contributed by atoms with E-state index in [1.54, 1.807) is 0 Å². The van der Waals surface area contributed by atoms with Crippen molar-refractivity contribution in [2.75, 3.05) is 0 Å². The molecule has 0 fully saturated rings. The van der Waals surface area contributed by atoms with Crippen LogP contribution < -0.4 is 0 Å². The molecule has 0 aliphatic carbocycles. The predicted octanol–water partition coefficient (Wildman–Crippen LogP) is 2.16. The summed E-state index contributed by atoms with van der Waals surface area (Å²) in [6, 6.07) is 0. The van der Waals surface area contributed by atoms with Crippen LogP contribution in [-0.4, -0.2) is 21.0 Å². The van der Waals surface area contributed by atoms with Crippen LogP contribution in [0.25, 0.3) is 0 Å². The number of carboxylic acids is 1. The van der Waals surface area contributed by atoms with Crippen molar-refractivity contribution in [2.45, 2.75) is 12.8 Å². The zero-order valence-corrected chi connectivity index (χ0v) is 10.2. The highest BCUT2D eigenvalue weighted by molar-refractivity contribution is 14.1. The molecule has 1 aromatic rings. The number of carboxylic acid groups (broad SMARTS) is 1. The first-order valence-corrected chi connectivity index (χ1v) is 5.24. The second-order valence-corrected chi connectivity index (χ2v) is 3.98. The molecule has 1 N–H and O–H groups in total. The Morgan fingerprint density at radius 3 is 2.65 bits per heavy atom. The number of hydrogen-bond acceptors (Lipinski definition) is 4. The quantitative estimate of drug-likeness (QED) is 0.385. The third-order valence-corrected chi connectivity index (χ3v) is 2.68. The number of nitrogens with zero attached hydrogens (tertiary/aromatic N) is 2. The summed E-state index contributed by atoms with van der Waals surface area (Å²) in [5.41, 5.74) is -1.90. The van der Waals surface area contributed by atoms with Crippen LogP contribution in [0, 0.1) is 13.8 Å². The highest BCUT2D eigenvalue weighted by Gasteiger charge is 2.28. The molecule has 6 nitrogen and oxygen atoms in total. The average Bonchev–Trinajstić information content (AvgIpc) is 2.15. The summed E-state index contributed by atoms with van der Waals surface area (Å²) in [6.45, 7) is 0. The fraction of sp³-hybridized carbons (Fsp3) is 0.250. The Hall–Kier alpha value is -1.39. The van der Waals surface area contributed by atoms with Gasteiger partial charge in [-0.15, -0.1) is 0 Å². The molecule has 1 aromatic heterocycles. The van der Waals surface area contributed by atoms with Crippen LogP contribution in [0.3, 0.4) is 0 Å². The van der Waals surface area contributed by atoms with E-state index >= 15 is 0 Å². The number of aliphatic carboxylic acids is 1. The molecule has 92 valence electrons. The van der Waals surface area contributed by atoms with Gasteiger partial charge in [0, 0.05) is 11.8 Å². The zero-order valence-electron chi connectivity index (χ0n) is 8.06. The van der Waals surface area contributed by atoms with Crippen LogP contribution in [0.1, 0.15) is 17.6 Å². The summed E-state index contributed by atoms with van der Waals surface area (Å²) < 4.78 is 25.1. The van der Waals surface area contributed by atoms with Crippen LogP contribution in [0.5, 0.6) is 0 Å². The van der Waals surface area contributed by atoms with Crippen LogP contribution in [0.15, 0.2) is 6.20 Å². The number of aromatic nitrogens is 1. The van der Waals surface area contributed by atoms with Gasteiger partial charge in [-0.05, 0) is 22.6 Å². The summed E-state index contributed by atoms with van der Waals surface area (Å²) in [4.78, 5) is 23.8. The fourth-order valence-corrected chi connectivity index (χ4v) is 1.90. The highest BCUT2D eigenvalue weighted by Crippen LogP contribution is 2.32. The number of hydrogen-bond donors (Lipinski definition) is 1. The van der Waals surface area contributed by atoms with E-state index in [-0.39, 0.29) is 3.70 Å². The largest absolute Gasteiger partial charge is 0.481 e. The maximum atomic E-state index is 12.6. The lowest BCUT2D eigenvalue weighted by Gasteiger charge is -2.07. The van der Waals surface area contributed by atoms with Crippen molar-refractivity contribution in [3.8, 4) is 0 Å². The fourth-order valence-electron chi connectivity index (χ4n) is 1.24. The molecule has 0 saturated heterocycles. The van der Waals surface area contributed by atoms with E-state index in [2.05, 4.69) is 4.98 Å². The number of alkyl halides is 2. The van der Waals surface area contributed by atoms with Crippen molar-refractivity contribution in [3.05, 3.63) is 31.1 Å². The summed E-state index contributed by atoms with van der Waals surface area (Å²) >= 11 is 1.50. The first-order chi connectivity index (χ1) is 7.84. The van der Waals surface area contributed by atoms with Gasteiger partial charge in [0.1, 0.15) is 0 Å². The van der Waals surface area contributed by atoms with Gasteiger partial charge in [-0.2, -0.15) is 0 Å². The number of rotatable bonds is 4. The molecule has 0 saturated carbocycles. The van der Waals surface area contributed by atoms with Crippen molar-refractivity contribution in [3.63, 3.8) is 0 Å². The lowest BCUT2D eigenvalue weighted by molar-refractivity contribution is -0.387. The van der Waals surface area contributed by atoms with E-state index in [0.29, 0.717) is 0 Å². The first kappa shape index (κ1) is 13.7. The van der Waals surface area contributed by atoms with Crippen LogP contribution in [0.4, 0.5) is 14.5 Å². The van der Waals surface area contributed by atoms with Gasteiger partial charge in [0.2, 0.25) is 0 Å². The third-order valence-electron chi connectivity index (χ3n) is 1.89. The Balaban J connectivity index is 3.49. The van der Waals surface area contributed by atoms with Crippen molar-refractivity contribution in [2.24, 2.45) is 0 Å². The van der Waals surface area contributed by atoms with E-state index in [4.69, 9.17) is 5.11 Å². The lowest BCUT2D eigenvalue weighted by atomic mass is 10.1. The predicted molar refractivity (Wildman–Crippen MR) is 59.9 cm³/mol. The Morgan fingerprint density at radius 2 is 2.24 bits per heavy atom. The molecule has 17 heavy (non-hydrogen) atoms. The third kappa shape index (κ3) is 3.05. The van der Waals surface area contributed by atoms with Crippen LogP contribution in [-0.2, 0) is 11.2 Å². The van der Waals surface area contributed by atoms with Crippen LogP contribution in [0.2, 0.25) is 0 Å². The zero-order chi connectivity index (χ0) is 13.2. The summed E-state index contributed by atoms with van der Waals surface area (Å²) in [7, 11) is 0. The smallest absolute Gasteiger partial charge is 0.308 e. The first-order valence-electron chi connectivity index (χ1n) is 4.16. The van der Waals surface area contributed by atoms with Crippen molar-refractivity contribution < 1.29 is 23.6 Å². The molecule has 1 heterocycles. The molecule has 0 radical (unpaired) electrons. The standard InChI is InChI=1S/C8H5F2IN2O4/c9-7(10)4-2-12-8(11)6(13(16)17)3(4)1-5(14)15/h2,7H,1H2,(H,14,15). The molecule has 0 amide bonds. The molecule has 0 unspecified atom stereocenters. The monoisotopic (exact) mass is 358 g/mol. The number of pyridine rings is 1. The van der Waals surface area contributed by atoms with Gasteiger partial charge < -0.3 is 5.11 Å². The molecule has 0 aromatic carbocycles. The molecule has 0 aliphatic heterocycles. The molecule has 1 rings (SSSR count). The van der Waals surface area contributed by atoms with Gasteiger partial charge in [-0.25, -0.2) is 13.8 Å². The molecule has 9 heteroatoms. The average molecular weight is 358 g/mol. The van der Waals surface area contributed by atoms with Crippen LogP contribution >= 0.6 is 22.6 Å². The Labute approximate surface area is 107 Å². The van der Waals surface area contributed by atoms with E-state index < -0.39 is 40.6 Å². The number of nitro groups is 1. The Morgan fingerprint density at radius 1 is 1.65 bits per heavy atom. The minimum absolute atomic E-state index is 0.117. The van der Waals surface area contributed by atoms with Gasteiger partial charge in [0.05, 0.1) is 16.9 Å². The maximum absolute atomic E-state index is 12.6. The van der Waals surface area contributed by atoms with Gasteiger partial charge >= 0.3 is 11.7 Å². The van der Waals surface area contributed by atoms with E-state index in [1.807, 2.05) is 0 Å². The SMILES string of the molecule is O=C(O)Cc1c(C(F)F)cnc(I)c1[N+](=O)[O-]. The molecule has 0 atom stereocenters. The minimum atomic E-state index is -3.01. The molecular formula is C8H5F2IN2O4. The second kappa shape index (κ2) is 5.29. The summed E-state index contributed by atoms with van der Waals surface area (Å²) in [5, 5.41) is 19.3. The Bertz CT molecular complexity index is 481. The summed E-state index contributed by atoms with van der Waals surface area (Å²) in [6.07, 6.45) is -3.08. The van der Waals surface area contributed by atoms with E-state index in [0.717, 1.165) is 6.20 Å². The maximum Gasteiger partial charge on any atom is 0.308 e. The molecular weight excluding hydrogens is 353 g/mol. The molecule has 0 bridgehead atoms. The normalized spacial score (nSPS) is 10.6. The number of carbonyl (C=O) groups is 1. The van der Waals surface area contributed by atoms with Crippen molar-refractivity contribution in [1.82, 2.24) is 4.98 Å². The van der Waals surface area contributed by atoms with Gasteiger partial charge in [0.15, 0.2) is 3.70 Å². The lowest BCUT2D eigenvalue weighted by Crippen LogP contribution is -2.10. The van der Waals surface area contributed by atoms with Gasteiger partial charge in [0.25, 0.3) is 6.43 Å². The summed E-state index contributed by atoms with van der Waals surface area (Å²) in [5.74, 6) is -1.42. The van der Waals surface area contributed by atoms with Crippen molar-refractivity contribution >= 4 is 34.2 Å². The Kier molecular flexibility index (Phi) is 4.26. The highest BCUT2D eigenvalue weighted by atomic mass is 127. The van der Waals surface area contributed by atoms with Crippen molar-refractivity contribution in [1.29, 1.82) is 0 Å². The van der Waals surface area contributed by atoms with Gasteiger partial charge in [-0.1, -0.05) is 0 Å². The number of halogens is 3.